The molecule has 0 aliphatic carbocycles. The van der Waals surface area contributed by atoms with E-state index in [2.05, 4.69) is 5.32 Å². The maximum absolute atomic E-state index is 13.0. The number of hydrogen-bond donors (Lipinski definition) is 1. The number of nitrogens with one attached hydrogen (secondary N) is 1. The number of esters is 1. The highest BCUT2D eigenvalue weighted by Gasteiger charge is 2.29. The molecule has 10 heteroatoms. The molecule has 2 aromatic rings. The van der Waals surface area contributed by atoms with E-state index in [1.165, 1.54) is 29.6 Å². The highest BCUT2D eigenvalue weighted by atomic mass is 32.2. The fraction of sp³-hybridized carbons (Fsp3) is 0.304. The molecule has 0 saturated carbocycles. The number of carbonyl (C=O) groups excluding carboxylic acids is 2. The van der Waals surface area contributed by atoms with Gasteiger partial charge in [-0.15, -0.1) is 0 Å². The largest absolute Gasteiger partial charge is 0.495 e. The van der Waals surface area contributed by atoms with Gasteiger partial charge in [-0.1, -0.05) is 23.8 Å². The van der Waals surface area contributed by atoms with Crippen molar-refractivity contribution in [1.82, 2.24) is 4.31 Å². The van der Waals surface area contributed by atoms with Crippen LogP contribution in [0.25, 0.3) is 6.08 Å². The first-order valence-corrected chi connectivity index (χ1v) is 11.7. The maximum atomic E-state index is 13.0. The number of nitrogens with zero attached hydrogens (tertiary/aromatic N) is 1. The molecule has 0 spiro atoms. The van der Waals surface area contributed by atoms with Gasteiger partial charge in [-0.25, -0.2) is 13.2 Å². The van der Waals surface area contributed by atoms with E-state index in [0.29, 0.717) is 24.5 Å². The van der Waals surface area contributed by atoms with E-state index in [1.54, 1.807) is 18.2 Å². The van der Waals surface area contributed by atoms with Gasteiger partial charge in [-0.3, -0.25) is 4.79 Å². The Balaban J connectivity index is 1.63. The molecule has 1 heterocycles. The summed E-state index contributed by atoms with van der Waals surface area (Å²) in [6.45, 7) is 2.64. The molecule has 1 N–H and O–H groups in total. The molecular weight excluding hydrogens is 448 g/mol. The fourth-order valence-electron chi connectivity index (χ4n) is 3.11. The zero-order valence-corrected chi connectivity index (χ0v) is 19.3. The molecule has 9 nitrogen and oxygen atoms in total. The van der Waals surface area contributed by atoms with Crippen LogP contribution in [0.4, 0.5) is 5.69 Å². The number of amides is 1. The number of hydrogen-bond acceptors (Lipinski definition) is 7. The Bertz CT molecular complexity index is 1120. The van der Waals surface area contributed by atoms with E-state index in [4.69, 9.17) is 14.2 Å². The van der Waals surface area contributed by atoms with Crippen LogP contribution in [-0.4, -0.2) is 64.6 Å². The van der Waals surface area contributed by atoms with E-state index >= 15 is 0 Å². The summed E-state index contributed by atoms with van der Waals surface area (Å²) in [6, 6.07) is 11.8. The lowest BCUT2D eigenvalue weighted by molar-refractivity contribution is -0.142. The lowest BCUT2D eigenvalue weighted by Crippen LogP contribution is -2.40. The summed E-state index contributed by atoms with van der Waals surface area (Å²) in [7, 11) is -2.40. The normalized spacial score (nSPS) is 14.7. The number of benzene rings is 2. The first kappa shape index (κ1) is 24.4. The number of carbonyl (C=O) groups is 2. The van der Waals surface area contributed by atoms with Crippen molar-refractivity contribution in [2.75, 3.05) is 45.3 Å². The van der Waals surface area contributed by atoms with Gasteiger partial charge in [0.2, 0.25) is 10.0 Å². The summed E-state index contributed by atoms with van der Waals surface area (Å²) in [5.74, 6) is -1.000. The summed E-state index contributed by atoms with van der Waals surface area (Å²) in [4.78, 5) is 24.0. The SMILES string of the molecule is COc1ccc(/C=C/C(=O)OCC(=O)Nc2ccc(C)cc2)cc1S(=O)(=O)N1CCOCC1. The van der Waals surface area contributed by atoms with Crippen molar-refractivity contribution in [2.45, 2.75) is 11.8 Å². The Morgan fingerprint density at radius 1 is 1.12 bits per heavy atom. The van der Waals surface area contributed by atoms with Gasteiger partial charge in [-0.05, 0) is 42.8 Å². The Labute approximate surface area is 193 Å². The van der Waals surface area contributed by atoms with Crippen LogP contribution in [-0.2, 0) is 29.1 Å². The molecule has 0 bridgehead atoms. The number of morpholine rings is 1. The summed E-state index contributed by atoms with van der Waals surface area (Å²) in [5.41, 5.74) is 2.12. The van der Waals surface area contributed by atoms with E-state index in [9.17, 15) is 18.0 Å². The average molecular weight is 475 g/mol. The molecule has 1 aliphatic rings. The molecule has 0 aromatic heterocycles. The van der Waals surface area contributed by atoms with Crippen LogP contribution in [0.15, 0.2) is 53.4 Å². The standard InChI is InChI=1S/C23H26N2O7S/c1-17-3-7-19(8-4-17)24-22(26)16-32-23(27)10-6-18-5-9-20(30-2)21(15-18)33(28,29)25-11-13-31-14-12-25/h3-10,15H,11-14,16H2,1-2H3,(H,24,26)/b10-6+. The number of sulfonamides is 1. The zero-order valence-electron chi connectivity index (χ0n) is 18.4. The minimum absolute atomic E-state index is 0.0000991. The first-order valence-electron chi connectivity index (χ1n) is 10.3. The van der Waals surface area contributed by atoms with Gasteiger partial charge in [0.25, 0.3) is 5.91 Å². The molecule has 3 rings (SSSR count). The van der Waals surface area contributed by atoms with Gasteiger partial charge in [0.05, 0.1) is 20.3 Å². The van der Waals surface area contributed by atoms with Crippen LogP contribution in [0, 0.1) is 6.92 Å². The predicted molar refractivity (Wildman–Crippen MR) is 122 cm³/mol. The van der Waals surface area contributed by atoms with Crippen molar-refractivity contribution >= 4 is 33.7 Å². The van der Waals surface area contributed by atoms with Gasteiger partial charge in [-0.2, -0.15) is 4.31 Å². The van der Waals surface area contributed by atoms with E-state index in [1.807, 2.05) is 19.1 Å². The Morgan fingerprint density at radius 2 is 1.82 bits per heavy atom. The number of aryl methyl sites for hydroxylation is 1. The van der Waals surface area contributed by atoms with Gasteiger partial charge >= 0.3 is 5.97 Å². The Kier molecular flexibility index (Phi) is 8.21. The third kappa shape index (κ3) is 6.64. The van der Waals surface area contributed by atoms with E-state index < -0.39 is 28.5 Å². The highest BCUT2D eigenvalue weighted by Crippen LogP contribution is 2.28. The molecule has 0 atom stereocenters. The minimum Gasteiger partial charge on any atom is -0.495 e. The summed E-state index contributed by atoms with van der Waals surface area (Å²) in [5, 5.41) is 2.63. The van der Waals surface area contributed by atoms with Gasteiger partial charge in [0.15, 0.2) is 6.61 Å². The highest BCUT2D eigenvalue weighted by molar-refractivity contribution is 7.89. The zero-order chi connectivity index (χ0) is 23.8. The fourth-order valence-corrected chi connectivity index (χ4v) is 4.71. The van der Waals surface area contributed by atoms with Crippen molar-refractivity contribution in [3.05, 3.63) is 59.7 Å². The van der Waals surface area contributed by atoms with Crippen LogP contribution in [0.5, 0.6) is 5.75 Å². The van der Waals surface area contributed by atoms with Crippen molar-refractivity contribution < 1.29 is 32.2 Å². The summed E-state index contributed by atoms with van der Waals surface area (Å²) >= 11 is 0. The van der Waals surface area contributed by atoms with Crippen molar-refractivity contribution in [2.24, 2.45) is 0 Å². The summed E-state index contributed by atoms with van der Waals surface area (Å²) in [6.07, 6.45) is 2.55. The second-order valence-corrected chi connectivity index (χ2v) is 9.19. The van der Waals surface area contributed by atoms with Crippen molar-refractivity contribution in [3.8, 4) is 5.75 Å². The Morgan fingerprint density at radius 3 is 2.48 bits per heavy atom. The molecule has 2 aromatic carbocycles. The molecule has 1 fully saturated rings. The van der Waals surface area contributed by atoms with Crippen molar-refractivity contribution in [1.29, 1.82) is 0 Å². The average Bonchev–Trinajstić information content (AvgIpc) is 2.83. The second-order valence-electron chi connectivity index (χ2n) is 7.28. The lowest BCUT2D eigenvalue weighted by Gasteiger charge is -2.26. The van der Waals surface area contributed by atoms with E-state index in [0.717, 1.165) is 11.6 Å². The quantitative estimate of drug-likeness (QED) is 0.461. The van der Waals surface area contributed by atoms with Crippen LogP contribution >= 0.6 is 0 Å². The smallest absolute Gasteiger partial charge is 0.331 e. The summed E-state index contributed by atoms with van der Waals surface area (Å²) < 4.78 is 42.8. The molecule has 176 valence electrons. The molecule has 0 unspecified atom stereocenters. The topological polar surface area (TPSA) is 111 Å². The molecule has 33 heavy (non-hydrogen) atoms. The monoisotopic (exact) mass is 474 g/mol. The third-order valence-corrected chi connectivity index (χ3v) is 6.79. The third-order valence-electron chi connectivity index (χ3n) is 4.87. The number of anilines is 1. The van der Waals surface area contributed by atoms with Gasteiger partial charge < -0.3 is 19.5 Å². The van der Waals surface area contributed by atoms with Gasteiger partial charge in [0, 0.05) is 24.9 Å². The van der Waals surface area contributed by atoms with Gasteiger partial charge in [0.1, 0.15) is 10.6 Å². The molecule has 1 aliphatic heterocycles. The van der Waals surface area contributed by atoms with E-state index in [-0.39, 0.29) is 23.7 Å². The maximum Gasteiger partial charge on any atom is 0.331 e. The number of ether oxygens (including phenoxy) is 3. The molecule has 0 radical (unpaired) electrons. The molecule has 1 amide bonds. The molecular formula is C23H26N2O7S. The predicted octanol–water partition coefficient (Wildman–Crippen LogP) is 2.22. The van der Waals surface area contributed by atoms with Crippen LogP contribution in [0.3, 0.4) is 0 Å². The van der Waals surface area contributed by atoms with Crippen LogP contribution in [0.1, 0.15) is 11.1 Å². The van der Waals surface area contributed by atoms with Crippen LogP contribution in [0.2, 0.25) is 0 Å². The number of rotatable bonds is 8. The molecule has 1 saturated heterocycles. The second kappa shape index (κ2) is 11.1. The van der Waals surface area contributed by atoms with Crippen molar-refractivity contribution in [3.63, 3.8) is 0 Å². The first-order chi connectivity index (χ1) is 15.8. The van der Waals surface area contributed by atoms with Crippen LogP contribution < -0.4 is 10.1 Å². The lowest BCUT2D eigenvalue weighted by atomic mass is 10.2. The Hall–Kier alpha value is -3.21. The number of methoxy groups -OCH3 is 1. The minimum atomic E-state index is -3.79.